The van der Waals surface area contributed by atoms with Crippen LogP contribution in [0.5, 0.6) is 5.75 Å². The molecule has 1 aromatic carbocycles. The minimum absolute atomic E-state index is 0.586. The Morgan fingerprint density at radius 3 is 2.79 bits per heavy atom. The summed E-state index contributed by atoms with van der Waals surface area (Å²) in [6.07, 6.45) is 0. The smallest absolute Gasteiger partial charge is 0.156 e. The predicted octanol–water partition coefficient (Wildman–Crippen LogP) is 4.88. The number of nitrogens with zero attached hydrogens (tertiary/aromatic N) is 1. The molecule has 0 aliphatic heterocycles. The molecular formula is C13H11Br2ClN2O. The van der Waals surface area contributed by atoms with Crippen LogP contribution < -0.4 is 10.1 Å². The van der Waals surface area contributed by atoms with Gasteiger partial charge in [-0.15, -0.1) is 0 Å². The Morgan fingerprint density at radius 1 is 1.32 bits per heavy atom. The Hall–Kier alpha value is -0.780. The molecule has 0 aliphatic rings. The molecule has 0 radical (unpaired) electrons. The molecule has 0 saturated heterocycles. The van der Waals surface area contributed by atoms with Gasteiger partial charge in [-0.25, -0.2) is 4.98 Å². The molecule has 0 amide bonds. The van der Waals surface area contributed by atoms with Crippen molar-refractivity contribution in [3.8, 4) is 5.75 Å². The highest BCUT2D eigenvalue weighted by Crippen LogP contribution is 2.36. The molecule has 2 rings (SSSR count). The first-order valence-corrected chi connectivity index (χ1v) is 7.45. The number of halogens is 3. The molecule has 0 atom stereocenters. The number of hydrogen-bond donors (Lipinski definition) is 1. The zero-order valence-electron chi connectivity index (χ0n) is 10.1. The van der Waals surface area contributed by atoms with Crippen molar-refractivity contribution in [2.45, 2.75) is 6.54 Å². The third kappa shape index (κ3) is 3.84. The number of aromatic nitrogens is 1. The van der Waals surface area contributed by atoms with Gasteiger partial charge in [0, 0.05) is 5.02 Å². The molecule has 3 nitrogen and oxygen atoms in total. The van der Waals surface area contributed by atoms with Gasteiger partial charge in [-0.3, -0.25) is 0 Å². The van der Waals surface area contributed by atoms with Gasteiger partial charge in [0.15, 0.2) is 5.75 Å². The van der Waals surface area contributed by atoms with Gasteiger partial charge in [0.2, 0.25) is 0 Å². The van der Waals surface area contributed by atoms with E-state index in [1.54, 1.807) is 13.2 Å². The Morgan fingerprint density at radius 2 is 2.11 bits per heavy atom. The second-order valence-corrected chi connectivity index (χ2v) is 5.88. The van der Waals surface area contributed by atoms with Crippen LogP contribution in [0.1, 0.15) is 5.69 Å². The summed E-state index contributed by atoms with van der Waals surface area (Å²) in [7, 11) is 1.62. The average Bonchev–Trinajstić information content (AvgIpc) is 2.36. The van der Waals surface area contributed by atoms with E-state index in [2.05, 4.69) is 42.2 Å². The van der Waals surface area contributed by atoms with Crippen molar-refractivity contribution < 1.29 is 4.74 Å². The lowest BCUT2D eigenvalue weighted by molar-refractivity contribution is 0.414. The molecule has 100 valence electrons. The summed E-state index contributed by atoms with van der Waals surface area (Å²) in [5, 5.41) is 3.90. The fourth-order valence-electron chi connectivity index (χ4n) is 1.63. The maximum Gasteiger partial charge on any atom is 0.156 e. The lowest BCUT2D eigenvalue weighted by Gasteiger charge is -2.13. The first-order valence-electron chi connectivity index (χ1n) is 5.48. The molecule has 1 heterocycles. The molecule has 0 aliphatic carbocycles. The number of methoxy groups -OCH3 is 1. The fourth-order valence-corrected chi connectivity index (χ4v) is 2.99. The van der Waals surface area contributed by atoms with Gasteiger partial charge >= 0.3 is 0 Å². The van der Waals surface area contributed by atoms with E-state index in [1.165, 1.54) is 0 Å². The fraction of sp³-hybridized carbons (Fsp3) is 0.154. The van der Waals surface area contributed by atoms with Crippen LogP contribution in [-0.2, 0) is 6.54 Å². The van der Waals surface area contributed by atoms with E-state index < -0.39 is 0 Å². The summed E-state index contributed by atoms with van der Waals surface area (Å²) in [6, 6.07) is 9.40. The summed E-state index contributed by atoms with van der Waals surface area (Å²) in [5.74, 6) is 0.722. The van der Waals surface area contributed by atoms with E-state index in [4.69, 9.17) is 16.3 Å². The molecule has 0 unspecified atom stereocenters. The molecule has 6 heteroatoms. The summed E-state index contributed by atoms with van der Waals surface area (Å²) in [6.45, 7) is 0.586. The van der Waals surface area contributed by atoms with Crippen molar-refractivity contribution in [2.75, 3.05) is 12.4 Å². The highest BCUT2D eigenvalue weighted by molar-refractivity contribution is 9.10. The van der Waals surface area contributed by atoms with Crippen LogP contribution in [-0.4, -0.2) is 12.1 Å². The zero-order valence-corrected chi connectivity index (χ0v) is 14.0. The van der Waals surface area contributed by atoms with Gasteiger partial charge in [0.05, 0.1) is 29.5 Å². The standard InChI is InChI=1S/C13H11Br2ClN2O/c1-19-13-10(14)5-8(16)6-11(13)17-7-9-3-2-4-12(15)18-9/h2-6,17H,7H2,1H3. The summed E-state index contributed by atoms with van der Waals surface area (Å²) in [5.41, 5.74) is 1.75. The Bertz CT molecular complexity index is 593. The van der Waals surface area contributed by atoms with Crippen LogP contribution in [0.3, 0.4) is 0 Å². The SMILES string of the molecule is COc1c(Br)cc(Cl)cc1NCc1cccc(Br)n1. The van der Waals surface area contributed by atoms with Crippen molar-refractivity contribution >= 4 is 49.1 Å². The Kier molecular flexibility index (Phi) is 5.07. The predicted molar refractivity (Wildman–Crippen MR) is 85.0 cm³/mol. The first-order chi connectivity index (χ1) is 9.10. The molecular weight excluding hydrogens is 395 g/mol. The molecule has 0 bridgehead atoms. The first kappa shape index (κ1) is 14.6. The van der Waals surface area contributed by atoms with Crippen molar-refractivity contribution in [1.29, 1.82) is 0 Å². The largest absolute Gasteiger partial charge is 0.493 e. The van der Waals surface area contributed by atoms with Crippen molar-refractivity contribution in [1.82, 2.24) is 4.98 Å². The Labute approximate surface area is 133 Å². The molecule has 1 aromatic heterocycles. The molecule has 0 fully saturated rings. The number of rotatable bonds is 4. The third-order valence-electron chi connectivity index (χ3n) is 2.45. The summed E-state index contributed by atoms with van der Waals surface area (Å²) in [4.78, 5) is 4.36. The highest BCUT2D eigenvalue weighted by Gasteiger charge is 2.09. The van der Waals surface area contributed by atoms with Crippen molar-refractivity contribution in [2.24, 2.45) is 0 Å². The number of benzene rings is 1. The number of hydrogen-bond acceptors (Lipinski definition) is 3. The topological polar surface area (TPSA) is 34.1 Å². The lowest BCUT2D eigenvalue weighted by Crippen LogP contribution is -2.03. The number of ether oxygens (including phenoxy) is 1. The maximum atomic E-state index is 6.04. The van der Waals surface area contributed by atoms with Gasteiger partial charge in [0.25, 0.3) is 0 Å². The van der Waals surface area contributed by atoms with E-state index in [0.717, 1.165) is 26.2 Å². The quantitative estimate of drug-likeness (QED) is 0.735. The minimum atomic E-state index is 0.586. The normalized spacial score (nSPS) is 10.3. The van der Waals surface area contributed by atoms with E-state index in [0.29, 0.717) is 11.6 Å². The van der Waals surface area contributed by atoms with Crippen LogP contribution in [0.2, 0.25) is 5.02 Å². The average molecular weight is 407 g/mol. The van der Waals surface area contributed by atoms with E-state index in [-0.39, 0.29) is 0 Å². The third-order valence-corrected chi connectivity index (χ3v) is 3.69. The molecule has 1 N–H and O–H groups in total. The summed E-state index contributed by atoms with van der Waals surface area (Å²) >= 11 is 12.8. The number of anilines is 1. The Balaban J connectivity index is 2.19. The maximum absolute atomic E-state index is 6.04. The van der Waals surface area contributed by atoms with E-state index >= 15 is 0 Å². The lowest BCUT2D eigenvalue weighted by atomic mass is 10.2. The van der Waals surface area contributed by atoms with Crippen LogP contribution >= 0.6 is 43.5 Å². The number of pyridine rings is 1. The van der Waals surface area contributed by atoms with Crippen molar-refractivity contribution in [3.63, 3.8) is 0 Å². The molecule has 19 heavy (non-hydrogen) atoms. The second kappa shape index (κ2) is 6.59. The molecule has 2 aromatic rings. The molecule has 0 saturated carbocycles. The van der Waals surface area contributed by atoms with Gasteiger partial charge in [-0.2, -0.15) is 0 Å². The molecule has 0 spiro atoms. The van der Waals surface area contributed by atoms with Crippen molar-refractivity contribution in [3.05, 3.63) is 50.1 Å². The minimum Gasteiger partial charge on any atom is -0.493 e. The number of nitrogens with one attached hydrogen (secondary N) is 1. The van der Waals surface area contributed by atoms with Crippen LogP contribution in [0.4, 0.5) is 5.69 Å². The van der Waals surface area contributed by atoms with Crippen LogP contribution in [0, 0.1) is 0 Å². The summed E-state index contributed by atoms with van der Waals surface area (Å²) < 4.78 is 6.97. The monoisotopic (exact) mass is 404 g/mol. The second-order valence-electron chi connectivity index (χ2n) is 3.77. The van der Waals surface area contributed by atoms with E-state index in [9.17, 15) is 0 Å². The van der Waals surface area contributed by atoms with Gasteiger partial charge in [-0.05, 0) is 56.1 Å². The van der Waals surface area contributed by atoms with E-state index in [1.807, 2.05) is 24.3 Å². The van der Waals surface area contributed by atoms with Crippen LogP contribution in [0.25, 0.3) is 0 Å². The zero-order chi connectivity index (χ0) is 13.8. The van der Waals surface area contributed by atoms with Gasteiger partial charge in [0.1, 0.15) is 4.60 Å². The van der Waals surface area contributed by atoms with Gasteiger partial charge in [-0.1, -0.05) is 17.7 Å². The van der Waals surface area contributed by atoms with Crippen LogP contribution in [0.15, 0.2) is 39.4 Å². The highest BCUT2D eigenvalue weighted by atomic mass is 79.9. The van der Waals surface area contributed by atoms with Gasteiger partial charge < -0.3 is 10.1 Å².